The van der Waals surface area contributed by atoms with Crippen LogP contribution in [0.5, 0.6) is 0 Å². The highest BCUT2D eigenvalue weighted by Crippen LogP contribution is 2.17. The molecule has 4 nitrogen and oxygen atoms in total. The topological polar surface area (TPSA) is 45.4 Å². The Morgan fingerprint density at radius 1 is 1.28 bits per heavy atom. The van der Waals surface area contributed by atoms with E-state index in [-0.39, 0.29) is 0 Å². The Morgan fingerprint density at radius 3 is 2.44 bits per heavy atom. The van der Waals surface area contributed by atoms with E-state index in [1.54, 1.807) is 11.3 Å². The molecule has 0 aromatic carbocycles. The Morgan fingerprint density at radius 2 is 1.94 bits per heavy atom. The molecule has 2 N–H and O–H groups in total. The summed E-state index contributed by atoms with van der Waals surface area (Å²) in [6.07, 6.45) is 0. The van der Waals surface area contributed by atoms with Gasteiger partial charge in [0.15, 0.2) is 0 Å². The average molecular weight is 268 g/mol. The summed E-state index contributed by atoms with van der Waals surface area (Å²) in [6.45, 7) is 13.0. The molecule has 0 unspecified atom stereocenters. The quantitative estimate of drug-likeness (QED) is 0.903. The zero-order chi connectivity index (χ0) is 13.2. The number of hydrogen-bond donors (Lipinski definition) is 1. The van der Waals surface area contributed by atoms with Crippen LogP contribution in [0.2, 0.25) is 0 Å². The minimum Gasteiger partial charge on any atom is -0.325 e. The third kappa shape index (κ3) is 3.51. The highest BCUT2D eigenvalue weighted by Gasteiger charge is 2.25. The maximum atomic E-state index is 5.59. The first kappa shape index (κ1) is 13.9. The normalized spacial score (nSPS) is 19.3. The van der Waals surface area contributed by atoms with Gasteiger partial charge in [0.1, 0.15) is 5.01 Å². The lowest BCUT2D eigenvalue weighted by Gasteiger charge is -2.42. The molecule has 2 heterocycles. The van der Waals surface area contributed by atoms with E-state index < -0.39 is 0 Å². The van der Waals surface area contributed by atoms with E-state index in [1.165, 1.54) is 5.69 Å². The first-order valence-electron chi connectivity index (χ1n) is 6.60. The molecule has 5 heteroatoms. The van der Waals surface area contributed by atoms with Gasteiger partial charge in [0.25, 0.3) is 0 Å². The molecule has 0 amide bonds. The molecule has 0 saturated carbocycles. The molecular formula is C13H24N4S. The molecule has 0 aliphatic carbocycles. The summed E-state index contributed by atoms with van der Waals surface area (Å²) in [4.78, 5) is 9.56. The molecule has 1 aliphatic rings. The van der Waals surface area contributed by atoms with Gasteiger partial charge in [0.2, 0.25) is 0 Å². The van der Waals surface area contributed by atoms with Crippen LogP contribution in [-0.4, -0.2) is 46.5 Å². The van der Waals surface area contributed by atoms with Gasteiger partial charge in [-0.3, -0.25) is 9.80 Å². The second-order valence-electron chi connectivity index (χ2n) is 5.87. The van der Waals surface area contributed by atoms with Gasteiger partial charge in [-0.1, -0.05) is 0 Å². The van der Waals surface area contributed by atoms with Gasteiger partial charge in [-0.15, -0.1) is 11.3 Å². The smallest absolute Gasteiger partial charge is 0.106 e. The van der Waals surface area contributed by atoms with Crippen molar-refractivity contribution >= 4 is 11.3 Å². The van der Waals surface area contributed by atoms with E-state index in [1.807, 2.05) is 0 Å². The van der Waals surface area contributed by atoms with Crippen molar-refractivity contribution in [3.05, 3.63) is 16.1 Å². The van der Waals surface area contributed by atoms with Gasteiger partial charge in [-0.25, -0.2) is 4.98 Å². The first-order valence-corrected chi connectivity index (χ1v) is 7.48. The zero-order valence-electron chi connectivity index (χ0n) is 11.6. The van der Waals surface area contributed by atoms with Crippen LogP contribution in [0.25, 0.3) is 0 Å². The number of thiazole rings is 1. The summed E-state index contributed by atoms with van der Waals surface area (Å²) in [5.41, 5.74) is 7.05. The summed E-state index contributed by atoms with van der Waals surface area (Å²) >= 11 is 1.67. The van der Waals surface area contributed by atoms with Gasteiger partial charge in [0.05, 0.1) is 5.69 Å². The van der Waals surface area contributed by atoms with Crippen molar-refractivity contribution in [1.82, 2.24) is 14.8 Å². The van der Waals surface area contributed by atoms with E-state index in [9.17, 15) is 0 Å². The van der Waals surface area contributed by atoms with Crippen molar-refractivity contribution in [3.8, 4) is 0 Å². The maximum Gasteiger partial charge on any atom is 0.106 e. The summed E-state index contributed by atoms with van der Waals surface area (Å²) in [5.74, 6) is 0. The maximum absolute atomic E-state index is 5.59. The number of rotatable bonds is 3. The fourth-order valence-corrected chi connectivity index (χ4v) is 2.99. The fourth-order valence-electron chi connectivity index (χ4n) is 2.32. The Hall–Kier alpha value is -0.490. The molecule has 18 heavy (non-hydrogen) atoms. The van der Waals surface area contributed by atoms with Crippen molar-refractivity contribution in [1.29, 1.82) is 0 Å². The number of aromatic nitrogens is 1. The highest BCUT2D eigenvalue weighted by molar-refractivity contribution is 7.09. The van der Waals surface area contributed by atoms with Crippen LogP contribution in [0.15, 0.2) is 5.38 Å². The largest absolute Gasteiger partial charge is 0.325 e. The summed E-state index contributed by atoms with van der Waals surface area (Å²) in [6, 6.07) is 0. The molecule has 2 rings (SSSR count). The lowest BCUT2D eigenvalue weighted by atomic mass is 10.1. The number of hydrogen-bond acceptors (Lipinski definition) is 5. The number of piperazine rings is 1. The van der Waals surface area contributed by atoms with Gasteiger partial charge in [0, 0.05) is 50.2 Å². The molecule has 1 saturated heterocycles. The Labute approximate surface area is 114 Å². The predicted molar refractivity (Wildman–Crippen MR) is 76.6 cm³/mol. The number of nitrogens with zero attached hydrogens (tertiary/aromatic N) is 3. The standard InChI is InChI=1S/C13H24N4S/c1-13(2,3)17-6-4-16(5-7-17)9-11-10-18-12(8-14)15-11/h10H,4-9,14H2,1-3H3. The van der Waals surface area contributed by atoms with Crippen molar-refractivity contribution in [3.63, 3.8) is 0 Å². The predicted octanol–water partition coefficient (Wildman–Crippen LogP) is 1.52. The van der Waals surface area contributed by atoms with Crippen molar-refractivity contribution in [2.24, 2.45) is 5.73 Å². The molecule has 1 fully saturated rings. The van der Waals surface area contributed by atoms with Crippen LogP contribution in [0.1, 0.15) is 31.5 Å². The Kier molecular flexibility index (Phi) is 4.37. The Bertz CT molecular complexity index is 375. The van der Waals surface area contributed by atoms with Gasteiger partial charge in [-0.2, -0.15) is 0 Å². The second kappa shape index (κ2) is 5.65. The monoisotopic (exact) mass is 268 g/mol. The summed E-state index contributed by atoms with van der Waals surface area (Å²) < 4.78 is 0. The molecule has 1 aromatic rings. The third-order valence-electron chi connectivity index (χ3n) is 3.48. The van der Waals surface area contributed by atoms with Crippen LogP contribution in [0.4, 0.5) is 0 Å². The third-order valence-corrected chi connectivity index (χ3v) is 4.40. The lowest BCUT2D eigenvalue weighted by Crippen LogP contribution is -2.53. The SMILES string of the molecule is CC(C)(C)N1CCN(Cc2csc(CN)n2)CC1. The molecule has 0 bridgehead atoms. The van der Waals surface area contributed by atoms with Gasteiger partial charge in [-0.05, 0) is 20.8 Å². The number of nitrogens with two attached hydrogens (primary N) is 1. The first-order chi connectivity index (χ1) is 8.49. The highest BCUT2D eigenvalue weighted by atomic mass is 32.1. The average Bonchev–Trinajstić information content (AvgIpc) is 2.76. The van der Waals surface area contributed by atoms with Crippen molar-refractivity contribution < 1.29 is 0 Å². The molecule has 1 aliphatic heterocycles. The van der Waals surface area contributed by atoms with Crippen LogP contribution in [0.3, 0.4) is 0 Å². The van der Waals surface area contributed by atoms with E-state index in [2.05, 4.69) is 40.9 Å². The van der Waals surface area contributed by atoms with Crippen molar-refractivity contribution in [2.45, 2.75) is 39.4 Å². The van der Waals surface area contributed by atoms with E-state index in [0.29, 0.717) is 12.1 Å². The van der Waals surface area contributed by atoms with E-state index in [0.717, 1.165) is 37.7 Å². The molecule has 0 radical (unpaired) electrons. The minimum atomic E-state index is 0.291. The van der Waals surface area contributed by atoms with E-state index in [4.69, 9.17) is 5.73 Å². The van der Waals surface area contributed by atoms with Crippen molar-refractivity contribution in [2.75, 3.05) is 26.2 Å². The summed E-state index contributed by atoms with van der Waals surface area (Å²) in [7, 11) is 0. The van der Waals surface area contributed by atoms with Gasteiger partial charge >= 0.3 is 0 Å². The fraction of sp³-hybridized carbons (Fsp3) is 0.769. The molecule has 1 aromatic heterocycles. The zero-order valence-corrected chi connectivity index (χ0v) is 12.5. The second-order valence-corrected chi connectivity index (χ2v) is 6.81. The Balaban J connectivity index is 1.83. The molecular weight excluding hydrogens is 244 g/mol. The van der Waals surface area contributed by atoms with E-state index >= 15 is 0 Å². The van der Waals surface area contributed by atoms with Gasteiger partial charge < -0.3 is 5.73 Å². The lowest BCUT2D eigenvalue weighted by molar-refractivity contribution is 0.0586. The van der Waals surface area contributed by atoms with Crippen LogP contribution >= 0.6 is 11.3 Å². The van der Waals surface area contributed by atoms with Crippen LogP contribution in [0, 0.1) is 0 Å². The molecule has 0 spiro atoms. The van der Waals surface area contributed by atoms with Crippen LogP contribution < -0.4 is 5.73 Å². The molecule has 102 valence electrons. The molecule has 0 atom stereocenters. The summed E-state index contributed by atoms with van der Waals surface area (Å²) in [5, 5.41) is 3.18. The minimum absolute atomic E-state index is 0.291. The van der Waals surface area contributed by atoms with Crippen LogP contribution in [-0.2, 0) is 13.1 Å².